The van der Waals surface area contributed by atoms with Gasteiger partial charge in [0, 0.05) is 5.56 Å². The second-order valence-corrected chi connectivity index (χ2v) is 10.3. The first-order valence-electron chi connectivity index (χ1n) is 12.8. The Balaban J connectivity index is 1.62. The number of nitrogens with zero attached hydrogens (tertiary/aromatic N) is 2. The molecule has 1 atom stereocenters. The number of ether oxygens (including phenoxy) is 4. The quantitative estimate of drug-likeness (QED) is 0.335. The van der Waals surface area contributed by atoms with Gasteiger partial charge in [-0.1, -0.05) is 53.8 Å². The van der Waals surface area contributed by atoms with Crippen LogP contribution in [-0.2, 0) is 9.53 Å². The summed E-state index contributed by atoms with van der Waals surface area (Å²) in [6, 6.07) is 19.8. The van der Waals surface area contributed by atoms with E-state index in [9.17, 15) is 9.59 Å². The fourth-order valence-electron chi connectivity index (χ4n) is 4.90. The van der Waals surface area contributed by atoms with Gasteiger partial charge in [-0.2, -0.15) is 0 Å². The fraction of sp³-hybridized carbons (Fsp3) is 0.194. The van der Waals surface area contributed by atoms with Gasteiger partial charge in [-0.05, 0) is 60.9 Å². The number of carbonyl (C=O) groups is 1. The van der Waals surface area contributed by atoms with Crippen molar-refractivity contribution in [1.82, 2.24) is 4.57 Å². The monoisotopic (exact) mass is 554 g/mol. The van der Waals surface area contributed by atoms with Crippen molar-refractivity contribution >= 4 is 29.1 Å². The maximum Gasteiger partial charge on any atom is 0.338 e. The summed E-state index contributed by atoms with van der Waals surface area (Å²) in [5.41, 5.74) is 3.80. The summed E-state index contributed by atoms with van der Waals surface area (Å²) in [5.74, 6) is 1.46. The third-order valence-electron chi connectivity index (χ3n) is 6.85. The predicted octanol–water partition coefficient (Wildman–Crippen LogP) is 3.98. The van der Waals surface area contributed by atoms with Gasteiger partial charge >= 0.3 is 5.97 Å². The SMILES string of the molecule is CCOC(=O)C1=C(c2ccccc2)N=c2s/c(=C/c3cc4c(cc3C)OCO4)c(=O)n2C1c1ccc(OC)cc1. The number of benzene rings is 3. The number of aryl methyl sites for hydroxylation is 1. The summed E-state index contributed by atoms with van der Waals surface area (Å²) in [5, 5.41) is 0. The van der Waals surface area contributed by atoms with Crippen molar-refractivity contribution in [2.45, 2.75) is 19.9 Å². The molecule has 0 saturated heterocycles. The number of fused-ring (bicyclic) bond motifs is 2. The lowest BCUT2D eigenvalue weighted by Gasteiger charge is -2.26. The highest BCUT2D eigenvalue weighted by atomic mass is 32.1. The molecule has 1 unspecified atom stereocenters. The topological polar surface area (TPSA) is 88.4 Å². The number of rotatable bonds is 6. The number of hydrogen-bond donors (Lipinski definition) is 0. The van der Waals surface area contributed by atoms with E-state index in [4.69, 9.17) is 23.9 Å². The zero-order valence-corrected chi connectivity index (χ0v) is 23.0. The molecule has 3 aromatic carbocycles. The number of methoxy groups -OCH3 is 1. The van der Waals surface area contributed by atoms with Crippen molar-refractivity contribution in [3.63, 3.8) is 0 Å². The molecule has 0 spiro atoms. The van der Waals surface area contributed by atoms with E-state index in [1.165, 1.54) is 11.3 Å². The van der Waals surface area contributed by atoms with Gasteiger partial charge in [0.25, 0.3) is 5.56 Å². The molecule has 202 valence electrons. The van der Waals surface area contributed by atoms with Gasteiger partial charge in [-0.3, -0.25) is 9.36 Å². The molecule has 6 rings (SSSR count). The van der Waals surface area contributed by atoms with Crippen LogP contribution in [0.3, 0.4) is 0 Å². The van der Waals surface area contributed by atoms with Crippen LogP contribution in [0.2, 0.25) is 0 Å². The van der Waals surface area contributed by atoms with Gasteiger partial charge in [0.2, 0.25) is 6.79 Å². The highest BCUT2D eigenvalue weighted by Crippen LogP contribution is 2.36. The van der Waals surface area contributed by atoms with E-state index >= 15 is 0 Å². The van der Waals surface area contributed by atoms with Crippen LogP contribution in [0.4, 0.5) is 0 Å². The summed E-state index contributed by atoms with van der Waals surface area (Å²) < 4.78 is 24.0. The lowest BCUT2D eigenvalue weighted by molar-refractivity contribution is -0.138. The Morgan fingerprint density at radius 2 is 1.82 bits per heavy atom. The van der Waals surface area contributed by atoms with Crippen molar-refractivity contribution in [3.05, 3.63) is 114 Å². The largest absolute Gasteiger partial charge is 0.497 e. The highest BCUT2D eigenvalue weighted by molar-refractivity contribution is 7.07. The minimum absolute atomic E-state index is 0.168. The Bertz CT molecular complexity index is 1820. The van der Waals surface area contributed by atoms with Gasteiger partial charge in [-0.25, -0.2) is 9.79 Å². The van der Waals surface area contributed by atoms with Crippen LogP contribution in [0.5, 0.6) is 17.2 Å². The molecule has 1 aromatic heterocycles. The van der Waals surface area contributed by atoms with E-state index < -0.39 is 12.0 Å². The summed E-state index contributed by atoms with van der Waals surface area (Å²) >= 11 is 1.28. The summed E-state index contributed by atoms with van der Waals surface area (Å²) in [6.07, 6.45) is 1.84. The average molecular weight is 555 g/mol. The van der Waals surface area contributed by atoms with Crippen LogP contribution in [0, 0.1) is 6.92 Å². The van der Waals surface area contributed by atoms with Crippen LogP contribution >= 0.6 is 11.3 Å². The van der Waals surface area contributed by atoms with Gasteiger partial charge in [-0.15, -0.1) is 0 Å². The molecule has 40 heavy (non-hydrogen) atoms. The average Bonchev–Trinajstić information content (AvgIpc) is 3.56. The predicted molar refractivity (Wildman–Crippen MR) is 151 cm³/mol. The smallest absolute Gasteiger partial charge is 0.338 e. The minimum atomic E-state index is -0.753. The lowest BCUT2D eigenvalue weighted by atomic mass is 9.93. The van der Waals surface area contributed by atoms with Crippen molar-refractivity contribution in [3.8, 4) is 17.2 Å². The molecular formula is C31H26N2O6S. The number of esters is 1. The Hall–Kier alpha value is -4.63. The molecule has 3 heterocycles. The first-order valence-corrected chi connectivity index (χ1v) is 13.6. The van der Waals surface area contributed by atoms with E-state index in [2.05, 4.69) is 0 Å². The van der Waals surface area contributed by atoms with Crippen LogP contribution in [0.15, 0.2) is 82.1 Å². The van der Waals surface area contributed by atoms with Gasteiger partial charge < -0.3 is 18.9 Å². The first-order chi connectivity index (χ1) is 19.5. The molecule has 0 amide bonds. The molecule has 8 nitrogen and oxygen atoms in total. The maximum atomic E-state index is 14.1. The Morgan fingerprint density at radius 1 is 1.10 bits per heavy atom. The fourth-order valence-corrected chi connectivity index (χ4v) is 5.89. The number of thiazole rings is 1. The molecule has 0 radical (unpaired) electrons. The number of aromatic nitrogens is 1. The van der Waals surface area contributed by atoms with Crippen LogP contribution < -0.4 is 29.1 Å². The van der Waals surface area contributed by atoms with E-state index in [1.807, 2.05) is 79.7 Å². The second-order valence-electron chi connectivity index (χ2n) is 9.27. The molecule has 0 fully saturated rings. The third-order valence-corrected chi connectivity index (χ3v) is 7.84. The zero-order chi connectivity index (χ0) is 27.8. The van der Waals surface area contributed by atoms with E-state index in [0.717, 1.165) is 22.3 Å². The van der Waals surface area contributed by atoms with Crippen LogP contribution in [0.25, 0.3) is 11.8 Å². The van der Waals surface area contributed by atoms with Crippen LogP contribution in [0.1, 0.15) is 35.2 Å². The Morgan fingerprint density at radius 3 is 2.52 bits per heavy atom. The summed E-state index contributed by atoms with van der Waals surface area (Å²) in [6.45, 7) is 4.07. The van der Waals surface area contributed by atoms with Crippen LogP contribution in [-0.4, -0.2) is 31.0 Å². The maximum absolute atomic E-state index is 14.1. The Kier molecular flexibility index (Phi) is 6.73. The van der Waals surface area contributed by atoms with Crippen molar-refractivity contribution in [2.24, 2.45) is 4.99 Å². The Labute approximate surface area is 234 Å². The van der Waals surface area contributed by atoms with Crippen molar-refractivity contribution in [1.29, 1.82) is 0 Å². The minimum Gasteiger partial charge on any atom is -0.497 e. The number of carbonyl (C=O) groups excluding carboxylic acids is 1. The van der Waals surface area contributed by atoms with Gasteiger partial charge in [0.05, 0.1) is 35.6 Å². The molecule has 0 bridgehead atoms. The molecule has 9 heteroatoms. The molecule has 0 N–H and O–H groups in total. The normalized spacial score (nSPS) is 16.0. The summed E-state index contributed by atoms with van der Waals surface area (Å²) in [4.78, 5) is 33.0. The molecular weight excluding hydrogens is 528 g/mol. The summed E-state index contributed by atoms with van der Waals surface area (Å²) in [7, 11) is 1.59. The molecule has 2 aliphatic rings. The zero-order valence-electron chi connectivity index (χ0n) is 22.2. The van der Waals surface area contributed by atoms with E-state index in [0.29, 0.717) is 37.9 Å². The van der Waals surface area contributed by atoms with Gasteiger partial charge in [0.1, 0.15) is 5.75 Å². The molecule has 2 aliphatic heterocycles. The third kappa shape index (κ3) is 4.48. The second kappa shape index (κ2) is 10.5. The lowest BCUT2D eigenvalue weighted by Crippen LogP contribution is -2.40. The highest BCUT2D eigenvalue weighted by Gasteiger charge is 2.35. The van der Waals surface area contributed by atoms with Crippen molar-refractivity contribution < 1.29 is 23.7 Å². The van der Waals surface area contributed by atoms with E-state index in [-0.39, 0.29) is 19.0 Å². The first kappa shape index (κ1) is 25.6. The van der Waals surface area contributed by atoms with E-state index in [1.54, 1.807) is 18.6 Å². The van der Waals surface area contributed by atoms with Gasteiger partial charge in [0.15, 0.2) is 16.3 Å². The molecule has 0 saturated carbocycles. The molecule has 0 aliphatic carbocycles. The number of hydrogen-bond acceptors (Lipinski definition) is 8. The standard InChI is InChI=1S/C31H26N2O6S/c1-4-37-30(35)26-27(19-8-6-5-7-9-19)32-31-33(28(26)20-10-12-22(36-3)13-11-20)29(34)25(40-31)16-21-15-24-23(14-18(21)2)38-17-39-24/h5-16,28H,4,17H2,1-3H3/b25-16+. The molecule has 4 aromatic rings. The van der Waals surface area contributed by atoms with Crippen molar-refractivity contribution in [2.75, 3.05) is 20.5 Å².